The molecule has 2 heterocycles. The summed E-state index contributed by atoms with van der Waals surface area (Å²) in [4.78, 5) is 8.64. The Morgan fingerprint density at radius 3 is 2.76 bits per heavy atom. The highest BCUT2D eigenvalue weighted by Gasteiger charge is 2.00. The molecular weight excluding hydrogens is 260 g/mol. The van der Waals surface area contributed by atoms with Crippen LogP contribution in [0.5, 0.6) is 0 Å². The van der Waals surface area contributed by atoms with E-state index < -0.39 is 0 Å². The van der Waals surface area contributed by atoms with Gasteiger partial charge in [0.15, 0.2) is 0 Å². The van der Waals surface area contributed by atoms with Gasteiger partial charge in [-0.15, -0.1) is 0 Å². The maximum absolute atomic E-state index is 4.33. The minimum atomic E-state index is 0.893. The van der Waals surface area contributed by atoms with Crippen LogP contribution >= 0.6 is 0 Å². The lowest BCUT2D eigenvalue weighted by molar-refractivity contribution is 0.969. The minimum absolute atomic E-state index is 0.893. The van der Waals surface area contributed by atoms with Crippen LogP contribution in [0.2, 0.25) is 0 Å². The Balaban J connectivity index is 1.81. The van der Waals surface area contributed by atoms with E-state index in [-0.39, 0.29) is 0 Å². The van der Waals surface area contributed by atoms with Crippen molar-refractivity contribution in [2.45, 2.75) is 13.3 Å². The van der Waals surface area contributed by atoms with Crippen molar-refractivity contribution in [3.05, 3.63) is 54.9 Å². The zero-order valence-electron chi connectivity index (χ0n) is 12.0. The van der Waals surface area contributed by atoms with Gasteiger partial charge in [-0.2, -0.15) is 0 Å². The lowest BCUT2D eigenvalue weighted by atomic mass is 10.2. The number of anilines is 3. The third-order valence-electron chi connectivity index (χ3n) is 3.21. The molecule has 0 bridgehead atoms. The van der Waals surface area contributed by atoms with Crippen LogP contribution in [0.1, 0.15) is 13.3 Å². The normalized spacial score (nSPS) is 10.5. The fourth-order valence-corrected chi connectivity index (χ4v) is 2.18. The summed E-state index contributed by atoms with van der Waals surface area (Å²) >= 11 is 0. The highest BCUT2D eigenvalue weighted by Crippen LogP contribution is 2.22. The summed E-state index contributed by atoms with van der Waals surface area (Å²) in [6.45, 7) is 3.07. The molecule has 1 aromatic carbocycles. The number of rotatable bonds is 5. The van der Waals surface area contributed by atoms with Crippen LogP contribution in [-0.4, -0.2) is 16.5 Å². The summed E-state index contributed by atoms with van der Waals surface area (Å²) in [6.07, 6.45) is 4.70. The van der Waals surface area contributed by atoms with Gasteiger partial charge in [0.05, 0.1) is 5.52 Å². The van der Waals surface area contributed by atoms with Crippen LogP contribution in [-0.2, 0) is 0 Å². The molecule has 0 atom stereocenters. The van der Waals surface area contributed by atoms with Crippen molar-refractivity contribution in [1.29, 1.82) is 0 Å². The van der Waals surface area contributed by atoms with Crippen molar-refractivity contribution < 1.29 is 0 Å². The van der Waals surface area contributed by atoms with Gasteiger partial charge >= 0.3 is 0 Å². The molecule has 0 fully saturated rings. The van der Waals surface area contributed by atoms with Crippen molar-refractivity contribution in [2.75, 3.05) is 17.2 Å². The summed E-state index contributed by atoms with van der Waals surface area (Å²) in [5.74, 6) is 0.893. The van der Waals surface area contributed by atoms with Crippen LogP contribution < -0.4 is 10.6 Å². The Hall–Kier alpha value is -2.62. The molecule has 0 radical (unpaired) electrons. The van der Waals surface area contributed by atoms with Crippen molar-refractivity contribution in [3.63, 3.8) is 0 Å². The molecule has 3 rings (SSSR count). The van der Waals surface area contributed by atoms with Crippen LogP contribution in [0, 0.1) is 0 Å². The topological polar surface area (TPSA) is 49.8 Å². The largest absolute Gasteiger partial charge is 0.370 e. The van der Waals surface area contributed by atoms with Crippen LogP contribution in [0.25, 0.3) is 10.9 Å². The highest BCUT2D eigenvalue weighted by atomic mass is 15.0. The number of nitrogens with zero attached hydrogens (tertiary/aromatic N) is 2. The average Bonchev–Trinajstić information content (AvgIpc) is 2.53. The van der Waals surface area contributed by atoms with Crippen LogP contribution in [0.4, 0.5) is 17.2 Å². The standard InChI is InChI=1S/C17H18N4/c1-2-8-19-17-12-15(7-10-20-17)21-14-5-6-16-13(11-14)4-3-9-18-16/h3-7,9-12H,2,8H2,1H3,(H2,19,20,21). The third-order valence-corrected chi connectivity index (χ3v) is 3.21. The summed E-state index contributed by atoms with van der Waals surface area (Å²) in [5.41, 5.74) is 3.07. The molecule has 0 saturated heterocycles. The lowest BCUT2D eigenvalue weighted by Gasteiger charge is -2.09. The van der Waals surface area contributed by atoms with Crippen molar-refractivity contribution in [1.82, 2.24) is 9.97 Å². The van der Waals surface area contributed by atoms with E-state index in [2.05, 4.69) is 39.7 Å². The molecule has 0 amide bonds. The van der Waals surface area contributed by atoms with Gasteiger partial charge < -0.3 is 10.6 Å². The summed E-state index contributed by atoms with van der Waals surface area (Å²) in [5, 5.41) is 7.82. The van der Waals surface area contributed by atoms with Gasteiger partial charge in [0, 0.05) is 41.8 Å². The molecule has 0 aliphatic rings. The maximum Gasteiger partial charge on any atom is 0.127 e. The van der Waals surface area contributed by atoms with Gasteiger partial charge in [-0.1, -0.05) is 13.0 Å². The van der Waals surface area contributed by atoms with E-state index in [1.807, 2.05) is 42.7 Å². The van der Waals surface area contributed by atoms with Gasteiger partial charge in [0.25, 0.3) is 0 Å². The maximum atomic E-state index is 4.33. The first-order valence-electron chi connectivity index (χ1n) is 7.17. The van der Waals surface area contributed by atoms with Crippen molar-refractivity contribution in [3.8, 4) is 0 Å². The molecule has 2 aromatic heterocycles. The third kappa shape index (κ3) is 3.28. The van der Waals surface area contributed by atoms with E-state index in [0.29, 0.717) is 0 Å². The predicted molar refractivity (Wildman–Crippen MR) is 88.0 cm³/mol. The lowest BCUT2D eigenvalue weighted by Crippen LogP contribution is -2.02. The Morgan fingerprint density at radius 1 is 0.952 bits per heavy atom. The molecule has 0 aliphatic heterocycles. The Kier molecular flexibility index (Phi) is 3.96. The van der Waals surface area contributed by atoms with Crippen LogP contribution in [0.3, 0.4) is 0 Å². The van der Waals surface area contributed by atoms with Crippen molar-refractivity contribution >= 4 is 28.1 Å². The summed E-state index contributed by atoms with van der Waals surface area (Å²) < 4.78 is 0. The molecule has 0 spiro atoms. The fourth-order valence-electron chi connectivity index (χ4n) is 2.18. The van der Waals surface area contributed by atoms with E-state index in [9.17, 15) is 0 Å². The Labute approximate surface area is 124 Å². The first kappa shape index (κ1) is 13.4. The molecule has 3 aromatic rings. The SMILES string of the molecule is CCCNc1cc(Nc2ccc3ncccc3c2)ccn1. The van der Waals surface area contributed by atoms with Crippen LogP contribution in [0.15, 0.2) is 54.9 Å². The zero-order chi connectivity index (χ0) is 14.5. The van der Waals surface area contributed by atoms with Gasteiger partial charge in [-0.25, -0.2) is 4.98 Å². The smallest absolute Gasteiger partial charge is 0.127 e. The zero-order valence-corrected chi connectivity index (χ0v) is 12.0. The molecule has 0 saturated carbocycles. The van der Waals surface area contributed by atoms with Gasteiger partial charge in [0.2, 0.25) is 0 Å². The number of hydrogen-bond donors (Lipinski definition) is 2. The molecule has 0 aliphatic carbocycles. The number of hydrogen-bond acceptors (Lipinski definition) is 4. The average molecular weight is 278 g/mol. The minimum Gasteiger partial charge on any atom is -0.370 e. The molecule has 4 heteroatoms. The molecule has 21 heavy (non-hydrogen) atoms. The first-order chi connectivity index (χ1) is 10.3. The summed E-state index contributed by atoms with van der Waals surface area (Å²) in [7, 11) is 0. The van der Waals surface area contributed by atoms with Crippen molar-refractivity contribution in [2.24, 2.45) is 0 Å². The number of nitrogens with one attached hydrogen (secondary N) is 2. The van der Waals surface area contributed by atoms with E-state index in [1.165, 1.54) is 0 Å². The number of benzene rings is 1. The van der Waals surface area contributed by atoms with Gasteiger partial charge in [-0.05, 0) is 36.8 Å². The molecule has 106 valence electrons. The quantitative estimate of drug-likeness (QED) is 0.734. The number of pyridine rings is 2. The molecular formula is C17H18N4. The second kappa shape index (κ2) is 6.22. The first-order valence-corrected chi connectivity index (χ1v) is 7.17. The van der Waals surface area contributed by atoms with Gasteiger partial charge in [-0.3, -0.25) is 4.98 Å². The van der Waals surface area contributed by atoms with E-state index in [1.54, 1.807) is 0 Å². The fraction of sp³-hybridized carbons (Fsp3) is 0.176. The highest BCUT2D eigenvalue weighted by molar-refractivity contribution is 5.83. The molecule has 0 unspecified atom stereocenters. The summed E-state index contributed by atoms with van der Waals surface area (Å²) in [6, 6.07) is 14.2. The second-order valence-corrected chi connectivity index (χ2v) is 4.89. The Bertz CT molecular complexity index is 739. The number of fused-ring (bicyclic) bond motifs is 1. The van der Waals surface area contributed by atoms with E-state index in [4.69, 9.17) is 0 Å². The number of aromatic nitrogens is 2. The van der Waals surface area contributed by atoms with Gasteiger partial charge in [0.1, 0.15) is 5.82 Å². The monoisotopic (exact) mass is 278 g/mol. The predicted octanol–water partition coefficient (Wildman–Crippen LogP) is 4.20. The molecule has 4 nitrogen and oxygen atoms in total. The Morgan fingerprint density at radius 2 is 1.86 bits per heavy atom. The van der Waals surface area contributed by atoms with E-state index in [0.717, 1.165) is 41.1 Å². The van der Waals surface area contributed by atoms with E-state index >= 15 is 0 Å². The second-order valence-electron chi connectivity index (χ2n) is 4.89. The molecule has 2 N–H and O–H groups in total.